The predicted octanol–water partition coefficient (Wildman–Crippen LogP) is 12.6. The van der Waals surface area contributed by atoms with Crippen LogP contribution in [0.5, 0.6) is 0 Å². The highest BCUT2D eigenvalue weighted by atomic mass is 19.4. The van der Waals surface area contributed by atoms with Crippen molar-refractivity contribution in [2.45, 2.75) is 62.9 Å². The Morgan fingerprint density at radius 3 is 0.857 bits per heavy atom. The molecule has 6 rings (SSSR count). The van der Waals surface area contributed by atoms with Crippen molar-refractivity contribution in [3.8, 4) is 0 Å². The van der Waals surface area contributed by atoms with Gasteiger partial charge in [0.1, 0.15) is 6.15 Å². The first-order valence-electron chi connectivity index (χ1n) is 20.9. The Bertz CT molecular complexity index is 2660. The molecule has 0 amide bonds. The van der Waals surface area contributed by atoms with E-state index in [0.717, 1.165) is 0 Å². The number of aromatic nitrogens is 2. The van der Waals surface area contributed by atoms with E-state index in [1.807, 2.05) is 0 Å². The summed E-state index contributed by atoms with van der Waals surface area (Å²) in [6.07, 6.45) is -48.1. The summed E-state index contributed by atoms with van der Waals surface area (Å²) in [5, 5.41) is 0. The molecule has 0 fully saturated rings. The van der Waals surface area contributed by atoms with Crippen molar-refractivity contribution in [3.05, 3.63) is 177 Å². The number of esters is 1. The maximum Gasteiger partial charge on any atom is 0.416 e. The van der Waals surface area contributed by atoms with E-state index in [1.165, 1.54) is 0 Å². The third-order valence-electron chi connectivity index (χ3n) is 11.2. The monoisotopic (exact) mass is 1130 g/mol. The Balaban J connectivity index is 0.000000455. The van der Waals surface area contributed by atoms with Gasteiger partial charge in [-0.1, -0.05) is 60.7 Å². The van der Waals surface area contributed by atoms with Crippen LogP contribution < -0.4 is 26.4 Å². The maximum absolute atomic E-state index is 14.2. The van der Waals surface area contributed by atoms with Crippen molar-refractivity contribution in [2.24, 2.45) is 0 Å². The van der Waals surface area contributed by atoms with Gasteiger partial charge in [-0.15, -0.1) is 0 Å². The van der Waals surface area contributed by atoms with Crippen LogP contribution in [0.2, 0.25) is 0 Å². The van der Waals surface area contributed by atoms with Crippen molar-refractivity contribution >= 4 is 39.7 Å². The van der Waals surface area contributed by atoms with E-state index < -0.39 is 195 Å². The first kappa shape index (κ1) is 60.6. The van der Waals surface area contributed by atoms with Crippen molar-refractivity contribution in [3.63, 3.8) is 0 Å². The highest BCUT2D eigenvalue weighted by molar-refractivity contribution is 7.20. The molecule has 0 aliphatic rings. The summed E-state index contributed by atoms with van der Waals surface area (Å²) < 4.78 is 347. The Hall–Kier alpha value is -7.30. The number of ketones is 1. The topological polar surface area (TPSA) is 60.1 Å². The lowest BCUT2D eigenvalue weighted by Crippen LogP contribution is -2.75. The summed E-state index contributed by atoms with van der Waals surface area (Å²) in [6, 6.07) is -2.34. The number of hydrogen-bond acceptors (Lipinski definition) is 4. The number of carbonyl (C=O) groups excluding carboxylic acids is 2. The second-order valence-corrected chi connectivity index (χ2v) is 16.4. The van der Waals surface area contributed by atoms with Crippen LogP contribution in [0.15, 0.2) is 122 Å². The number of nitrogens with zero attached hydrogens (tertiary/aromatic N) is 2. The molecule has 5 aromatic carbocycles. The van der Waals surface area contributed by atoms with Crippen LogP contribution in [0.1, 0.15) is 72.1 Å². The van der Waals surface area contributed by atoms with Crippen LogP contribution in [-0.2, 0) is 60.7 Å². The Morgan fingerprint density at radius 1 is 0.403 bits per heavy atom. The third-order valence-corrected chi connectivity index (χ3v) is 11.2. The molecule has 414 valence electrons. The van der Waals surface area contributed by atoms with Gasteiger partial charge in [-0.2, -0.15) is 132 Å². The molecule has 0 unspecified atom stereocenters. The van der Waals surface area contributed by atoms with Crippen LogP contribution in [-0.4, -0.2) is 29.5 Å². The second kappa shape index (κ2) is 21.3. The van der Waals surface area contributed by atoms with Crippen LogP contribution in [0.4, 0.5) is 105 Å². The summed E-state index contributed by atoms with van der Waals surface area (Å²) in [5.74, 6) is -0.411. The average Bonchev–Trinajstić information content (AvgIpc) is 3.30. The highest BCUT2D eigenvalue weighted by Crippen LogP contribution is 2.41. The van der Waals surface area contributed by atoms with Gasteiger partial charge in [0.15, 0.2) is 12.4 Å². The molecule has 0 N–H and O–H groups in total. The van der Waals surface area contributed by atoms with Gasteiger partial charge in [-0.25, -0.2) is 4.79 Å². The minimum Gasteiger partial charge on any atom is -0.462 e. The highest BCUT2D eigenvalue weighted by Gasteiger charge is 2.47. The van der Waals surface area contributed by atoms with E-state index in [2.05, 4.69) is 4.98 Å². The summed E-state index contributed by atoms with van der Waals surface area (Å²) in [6.45, 7) is 2.32. The summed E-state index contributed by atoms with van der Waals surface area (Å²) in [5.41, 5.74) is -29.2. The molecule has 0 aliphatic carbocycles. The zero-order valence-electron chi connectivity index (χ0n) is 37.7. The molecule has 30 heteroatoms. The summed E-state index contributed by atoms with van der Waals surface area (Å²) in [7, 11) is 0. The molecule has 0 radical (unpaired) electrons. The lowest BCUT2D eigenvalue weighted by Gasteiger charge is -2.46. The first-order chi connectivity index (χ1) is 35.0. The van der Waals surface area contributed by atoms with Gasteiger partial charge >= 0.3 is 55.4 Å². The van der Waals surface area contributed by atoms with Crippen molar-refractivity contribution in [2.75, 3.05) is 6.61 Å². The van der Waals surface area contributed by atoms with E-state index in [4.69, 9.17) is 4.74 Å². The zero-order valence-corrected chi connectivity index (χ0v) is 37.7. The molecule has 0 aliphatic heterocycles. The molecule has 77 heavy (non-hydrogen) atoms. The molecular weight excluding hydrogens is 1110 g/mol. The minimum absolute atomic E-state index is 0.0309. The van der Waals surface area contributed by atoms with Gasteiger partial charge in [-0.3, -0.25) is 9.78 Å². The standard InChI is InChI=1S/C32H12BF24.C15H15N2O3/c34-25(35,36)13-1-14(26(37,38)39)6-21(5-13)33(22-7-15(27(40,41)42)2-16(8-22)28(43,44)45,23-9-17(29(46,47)48)3-18(10-23)30(49,50)51)24-11-19(31(52,53)54)4-20(12-24)32(55,56)57;1-2-20-15(19)13-5-3-12(4-6-13)14(18)11-17-9-7-16-8-10-17/h1-12H;3-10H,2,11H2,1H3/q-1;+1. The number of benzene rings is 5. The Labute approximate surface area is 415 Å². The van der Waals surface area contributed by atoms with E-state index in [-0.39, 0.29) is 18.3 Å². The van der Waals surface area contributed by atoms with E-state index in [9.17, 15) is 115 Å². The summed E-state index contributed by atoms with van der Waals surface area (Å²) in [4.78, 5) is 27.5. The largest absolute Gasteiger partial charge is 0.462 e. The molecule has 6 aromatic rings. The average molecular weight is 1130 g/mol. The van der Waals surface area contributed by atoms with Gasteiger partial charge in [0.05, 0.1) is 69.1 Å². The molecule has 0 bridgehead atoms. The molecule has 0 saturated carbocycles. The smallest absolute Gasteiger partial charge is 0.416 e. The van der Waals surface area contributed by atoms with Gasteiger partial charge < -0.3 is 4.74 Å². The van der Waals surface area contributed by atoms with Crippen LogP contribution in [0.3, 0.4) is 0 Å². The van der Waals surface area contributed by atoms with Crippen LogP contribution in [0.25, 0.3) is 0 Å². The second-order valence-electron chi connectivity index (χ2n) is 16.4. The number of hydrogen-bond donors (Lipinski definition) is 0. The van der Waals surface area contributed by atoms with Crippen molar-refractivity contribution in [1.82, 2.24) is 4.98 Å². The molecule has 0 spiro atoms. The van der Waals surface area contributed by atoms with E-state index in [0.29, 0.717) is 17.7 Å². The van der Waals surface area contributed by atoms with Crippen LogP contribution >= 0.6 is 0 Å². The molecule has 5 nitrogen and oxygen atoms in total. The molecule has 1 aromatic heterocycles. The number of rotatable bonds is 9. The quantitative estimate of drug-likeness (QED) is 0.0476. The summed E-state index contributed by atoms with van der Waals surface area (Å²) >= 11 is 0. The molecule has 0 saturated heterocycles. The fourth-order valence-corrected chi connectivity index (χ4v) is 7.79. The SMILES string of the molecule is CCOC(=O)c1ccc(C(=O)C[n+]2ccncc2)cc1.FC(F)(F)c1cc([B-](c2cc(C(F)(F)F)cc(C(F)(F)F)c2)(c2cc(C(F)(F)F)cc(C(F)(F)F)c2)c2cc(C(F)(F)F)cc(C(F)(F)F)c2)cc(C(F)(F)F)c1. The molecule has 0 atom stereocenters. The molecule has 1 heterocycles. The van der Waals surface area contributed by atoms with Gasteiger partial charge in [0.2, 0.25) is 12.3 Å². The Morgan fingerprint density at radius 2 is 0.636 bits per heavy atom. The first-order valence-corrected chi connectivity index (χ1v) is 20.9. The van der Waals surface area contributed by atoms with Crippen molar-refractivity contribution < 1.29 is 124 Å². The normalized spacial score (nSPS) is 13.2. The van der Waals surface area contributed by atoms with E-state index in [1.54, 1.807) is 60.5 Å². The Kier molecular flexibility index (Phi) is 16.7. The lowest BCUT2D eigenvalue weighted by atomic mass is 9.12. The fraction of sp³-hybridized carbons (Fsp3) is 0.234. The number of halogens is 24. The van der Waals surface area contributed by atoms with Crippen molar-refractivity contribution in [1.29, 1.82) is 0 Å². The van der Waals surface area contributed by atoms with Crippen LogP contribution in [0, 0.1) is 0 Å². The van der Waals surface area contributed by atoms with Gasteiger partial charge in [-0.05, 0) is 43.3 Å². The molecular formula is C47H27BF24N2O3. The minimum atomic E-state index is -6.13. The third kappa shape index (κ3) is 14.4. The van der Waals surface area contributed by atoms with Gasteiger partial charge in [0.25, 0.3) is 0 Å². The number of alkyl halides is 24. The fourth-order valence-electron chi connectivity index (χ4n) is 7.79. The zero-order chi connectivity index (χ0) is 58.3. The maximum atomic E-state index is 14.2. The number of ether oxygens (including phenoxy) is 1. The predicted molar refractivity (Wildman–Crippen MR) is 221 cm³/mol. The number of carbonyl (C=O) groups is 2. The van der Waals surface area contributed by atoms with E-state index >= 15 is 0 Å². The number of Topliss-reactive ketones (excluding diaryl/α,β-unsaturated/α-hetero) is 1. The lowest BCUT2D eigenvalue weighted by molar-refractivity contribution is -0.683. The van der Waals surface area contributed by atoms with Gasteiger partial charge in [0, 0.05) is 5.56 Å².